The van der Waals surface area contributed by atoms with Gasteiger partial charge in [0.25, 0.3) is 5.91 Å². The Morgan fingerprint density at radius 3 is 3.00 bits per heavy atom. The number of halogens is 2. The second kappa shape index (κ2) is 5.11. The molecule has 0 spiro atoms. The van der Waals surface area contributed by atoms with Gasteiger partial charge < -0.3 is 5.32 Å². The molecule has 20 heavy (non-hydrogen) atoms. The first-order chi connectivity index (χ1) is 9.65. The van der Waals surface area contributed by atoms with Crippen molar-refractivity contribution in [1.82, 2.24) is 14.6 Å². The highest BCUT2D eigenvalue weighted by atomic mass is 35.5. The summed E-state index contributed by atoms with van der Waals surface area (Å²) in [5, 5.41) is 7.65. The van der Waals surface area contributed by atoms with Gasteiger partial charge in [0.1, 0.15) is 5.56 Å². The molecule has 1 N–H and O–H groups in total. The molecule has 100 valence electrons. The number of nitrogens with one attached hydrogen (secondary N) is 1. The molecule has 0 aliphatic heterocycles. The highest BCUT2D eigenvalue weighted by Crippen LogP contribution is 2.26. The van der Waals surface area contributed by atoms with Crippen molar-refractivity contribution in [1.29, 1.82) is 0 Å². The summed E-state index contributed by atoms with van der Waals surface area (Å²) in [7, 11) is 0. The summed E-state index contributed by atoms with van der Waals surface area (Å²) >= 11 is 11.9. The molecule has 0 atom stereocenters. The Balaban J connectivity index is 1.95. The Bertz CT molecular complexity index is 800. The maximum atomic E-state index is 12.2. The molecule has 2 aromatic heterocycles. The molecule has 0 saturated carbocycles. The van der Waals surface area contributed by atoms with Crippen LogP contribution in [-0.2, 0) is 0 Å². The second-order valence-electron chi connectivity index (χ2n) is 4.02. The van der Waals surface area contributed by atoms with Crippen LogP contribution in [0, 0.1) is 0 Å². The van der Waals surface area contributed by atoms with Crippen molar-refractivity contribution < 1.29 is 4.79 Å². The summed E-state index contributed by atoms with van der Waals surface area (Å²) < 4.78 is 1.52. The number of amides is 1. The van der Waals surface area contributed by atoms with Gasteiger partial charge in [-0.1, -0.05) is 23.2 Å². The number of hydrogen-bond acceptors (Lipinski definition) is 3. The van der Waals surface area contributed by atoms with Crippen LogP contribution >= 0.6 is 23.2 Å². The van der Waals surface area contributed by atoms with E-state index in [0.29, 0.717) is 26.9 Å². The Hall–Kier alpha value is -2.11. The zero-order chi connectivity index (χ0) is 14.1. The molecular formula is C13H8Cl2N4O. The van der Waals surface area contributed by atoms with Crippen LogP contribution in [0.25, 0.3) is 5.65 Å². The van der Waals surface area contributed by atoms with Crippen LogP contribution < -0.4 is 5.32 Å². The monoisotopic (exact) mass is 306 g/mol. The zero-order valence-electron chi connectivity index (χ0n) is 10.0. The van der Waals surface area contributed by atoms with Crippen LogP contribution in [0.15, 0.2) is 42.9 Å². The van der Waals surface area contributed by atoms with Gasteiger partial charge in [0.05, 0.1) is 16.9 Å². The van der Waals surface area contributed by atoms with E-state index >= 15 is 0 Å². The second-order valence-corrected chi connectivity index (χ2v) is 4.87. The number of nitrogens with zero attached hydrogens (tertiary/aromatic N) is 3. The third-order valence-electron chi connectivity index (χ3n) is 2.70. The fraction of sp³-hybridized carbons (Fsp3) is 0. The molecule has 0 bridgehead atoms. The zero-order valence-corrected chi connectivity index (χ0v) is 11.6. The molecule has 0 aliphatic carbocycles. The third kappa shape index (κ3) is 2.33. The predicted molar refractivity (Wildman–Crippen MR) is 77.4 cm³/mol. The normalized spacial score (nSPS) is 10.7. The number of hydrogen-bond donors (Lipinski definition) is 1. The number of aromatic nitrogens is 3. The van der Waals surface area contributed by atoms with Crippen LogP contribution in [0.1, 0.15) is 10.4 Å². The lowest BCUT2D eigenvalue weighted by molar-refractivity contribution is 0.102. The van der Waals surface area contributed by atoms with E-state index in [2.05, 4.69) is 15.4 Å². The summed E-state index contributed by atoms with van der Waals surface area (Å²) in [5.74, 6) is -0.345. The lowest BCUT2D eigenvalue weighted by Crippen LogP contribution is -2.12. The van der Waals surface area contributed by atoms with Crippen molar-refractivity contribution in [2.24, 2.45) is 0 Å². The van der Waals surface area contributed by atoms with E-state index in [9.17, 15) is 4.79 Å². The smallest absolute Gasteiger partial charge is 0.261 e. The number of rotatable bonds is 2. The SMILES string of the molecule is O=C(Nc1cc(Cl)ccc1Cl)c1cnn2cccnc12. The minimum absolute atomic E-state index is 0.345. The Kier molecular flexibility index (Phi) is 3.30. The lowest BCUT2D eigenvalue weighted by Gasteiger charge is -2.06. The topological polar surface area (TPSA) is 59.3 Å². The highest BCUT2D eigenvalue weighted by molar-refractivity contribution is 6.36. The van der Waals surface area contributed by atoms with Crippen molar-refractivity contribution in [3.8, 4) is 0 Å². The molecule has 7 heteroatoms. The molecule has 2 heterocycles. The lowest BCUT2D eigenvalue weighted by atomic mass is 10.2. The molecule has 5 nitrogen and oxygen atoms in total. The third-order valence-corrected chi connectivity index (χ3v) is 3.27. The standard InChI is InChI=1S/C13H8Cl2N4O/c14-8-2-3-10(15)11(6-8)18-13(20)9-7-17-19-5-1-4-16-12(9)19/h1-7H,(H,18,20). The molecular weight excluding hydrogens is 299 g/mol. The summed E-state index contributed by atoms with van der Waals surface area (Å²) in [6.45, 7) is 0. The average Bonchev–Trinajstić information content (AvgIpc) is 2.87. The summed E-state index contributed by atoms with van der Waals surface area (Å²) in [5.41, 5.74) is 1.28. The molecule has 0 radical (unpaired) electrons. The molecule has 1 amide bonds. The van der Waals surface area contributed by atoms with Crippen LogP contribution in [0.2, 0.25) is 10.0 Å². The van der Waals surface area contributed by atoms with Crippen molar-refractivity contribution in [3.63, 3.8) is 0 Å². The fourth-order valence-electron chi connectivity index (χ4n) is 1.77. The highest BCUT2D eigenvalue weighted by Gasteiger charge is 2.15. The maximum Gasteiger partial charge on any atom is 0.261 e. The number of benzene rings is 1. The fourth-order valence-corrected chi connectivity index (χ4v) is 2.11. The molecule has 0 aliphatic rings. The van der Waals surface area contributed by atoms with Gasteiger partial charge >= 0.3 is 0 Å². The number of anilines is 1. The van der Waals surface area contributed by atoms with Crippen molar-refractivity contribution in [2.75, 3.05) is 5.32 Å². The molecule has 1 aromatic carbocycles. The largest absolute Gasteiger partial charge is 0.320 e. The van der Waals surface area contributed by atoms with Gasteiger partial charge in [-0.25, -0.2) is 9.50 Å². The summed E-state index contributed by atoms with van der Waals surface area (Å²) in [4.78, 5) is 16.4. The van der Waals surface area contributed by atoms with E-state index in [1.54, 1.807) is 36.7 Å². The van der Waals surface area contributed by atoms with Crippen molar-refractivity contribution >= 4 is 40.4 Å². The first-order valence-electron chi connectivity index (χ1n) is 5.70. The van der Waals surface area contributed by atoms with E-state index in [1.165, 1.54) is 10.7 Å². The minimum Gasteiger partial charge on any atom is -0.320 e. The van der Waals surface area contributed by atoms with Gasteiger partial charge in [-0.3, -0.25) is 4.79 Å². The van der Waals surface area contributed by atoms with Crippen LogP contribution in [-0.4, -0.2) is 20.5 Å². The van der Waals surface area contributed by atoms with E-state index in [0.717, 1.165) is 0 Å². The quantitative estimate of drug-likeness (QED) is 0.790. The van der Waals surface area contributed by atoms with Gasteiger partial charge in [-0.2, -0.15) is 5.10 Å². The van der Waals surface area contributed by atoms with Crippen molar-refractivity contribution in [3.05, 3.63) is 58.5 Å². The van der Waals surface area contributed by atoms with E-state index in [-0.39, 0.29) is 5.91 Å². The van der Waals surface area contributed by atoms with Crippen molar-refractivity contribution in [2.45, 2.75) is 0 Å². The maximum absolute atomic E-state index is 12.2. The van der Waals surface area contributed by atoms with Gasteiger partial charge in [0.2, 0.25) is 0 Å². The molecule has 0 unspecified atom stereocenters. The minimum atomic E-state index is -0.345. The molecule has 0 fully saturated rings. The van der Waals surface area contributed by atoms with Crippen LogP contribution in [0.5, 0.6) is 0 Å². The summed E-state index contributed by atoms with van der Waals surface area (Å²) in [6.07, 6.45) is 4.77. The molecule has 3 rings (SSSR count). The van der Waals surface area contributed by atoms with Gasteiger partial charge in [-0.05, 0) is 24.3 Å². The molecule has 3 aromatic rings. The van der Waals surface area contributed by atoms with Gasteiger partial charge in [0, 0.05) is 17.4 Å². The predicted octanol–water partition coefficient (Wildman–Crippen LogP) is 3.29. The Morgan fingerprint density at radius 2 is 2.15 bits per heavy atom. The Morgan fingerprint density at radius 1 is 1.30 bits per heavy atom. The molecule has 0 saturated heterocycles. The number of carbonyl (C=O) groups excluding carboxylic acids is 1. The average molecular weight is 307 g/mol. The first kappa shape index (κ1) is 12.9. The number of fused-ring (bicyclic) bond motifs is 1. The van der Waals surface area contributed by atoms with Crippen LogP contribution in [0.4, 0.5) is 5.69 Å². The van der Waals surface area contributed by atoms with E-state index in [4.69, 9.17) is 23.2 Å². The van der Waals surface area contributed by atoms with Crippen LogP contribution in [0.3, 0.4) is 0 Å². The van der Waals surface area contributed by atoms with E-state index in [1.807, 2.05) is 0 Å². The first-order valence-corrected chi connectivity index (χ1v) is 6.45. The summed E-state index contributed by atoms with van der Waals surface area (Å²) in [6, 6.07) is 6.58. The van der Waals surface area contributed by atoms with Gasteiger partial charge in [0.15, 0.2) is 5.65 Å². The van der Waals surface area contributed by atoms with E-state index < -0.39 is 0 Å². The Labute approximate surface area is 124 Å². The number of carbonyl (C=O) groups is 1. The van der Waals surface area contributed by atoms with Gasteiger partial charge in [-0.15, -0.1) is 0 Å².